The summed E-state index contributed by atoms with van der Waals surface area (Å²) in [5.41, 5.74) is 12.4. The molecule has 33 heavy (non-hydrogen) atoms. The van der Waals surface area contributed by atoms with Gasteiger partial charge in [0.2, 0.25) is 5.91 Å². The van der Waals surface area contributed by atoms with Crippen LogP contribution in [-0.2, 0) is 11.2 Å². The van der Waals surface area contributed by atoms with Gasteiger partial charge in [0, 0.05) is 13.0 Å². The minimum Gasteiger partial charge on any atom is -0.382 e. The number of aryl methyl sites for hydroxylation is 1. The van der Waals surface area contributed by atoms with E-state index >= 15 is 0 Å². The number of carbonyl (C=O) groups is 2. The summed E-state index contributed by atoms with van der Waals surface area (Å²) in [6, 6.07) is 10.0. The molecule has 9 nitrogen and oxygen atoms in total. The van der Waals surface area contributed by atoms with Crippen molar-refractivity contribution in [2.75, 3.05) is 51.7 Å². The van der Waals surface area contributed by atoms with Crippen molar-refractivity contribution in [3.8, 4) is 0 Å². The lowest BCUT2D eigenvalue weighted by Crippen LogP contribution is -2.46. The van der Waals surface area contributed by atoms with Gasteiger partial charge in [-0.2, -0.15) is 0 Å². The zero-order chi connectivity index (χ0) is 24.3. The molecule has 0 aliphatic heterocycles. The predicted molar refractivity (Wildman–Crippen MR) is 132 cm³/mol. The van der Waals surface area contributed by atoms with Crippen LogP contribution in [0.1, 0.15) is 41.7 Å². The number of aromatic nitrogens is 2. The summed E-state index contributed by atoms with van der Waals surface area (Å²) < 4.78 is 0.757. The molecule has 2 rings (SSSR count). The molecule has 2 amide bonds. The average molecular weight is 477 g/mol. The Bertz CT molecular complexity index is 923. The van der Waals surface area contributed by atoms with Gasteiger partial charge in [-0.3, -0.25) is 9.59 Å². The van der Waals surface area contributed by atoms with Crippen molar-refractivity contribution >= 4 is 35.1 Å². The van der Waals surface area contributed by atoms with Gasteiger partial charge in [-0.05, 0) is 31.2 Å². The Hall–Kier alpha value is -2.91. The standard InChI is InChI=1S/C23H34ClN7O2/c1-31(2,16-14-28-23(33)19-21(25)30-22(26)20(24)29-19)15-8-4-7-13-27-18(32)12-11-17-9-5-3-6-10-17/h3,5-6,9-10H,4,7-8,11-16H2,1-2H3,(H5-,25,26,27,28,30,32,33)/p+1. The lowest BCUT2D eigenvalue weighted by Gasteiger charge is -2.30. The second-order valence-corrected chi connectivity index (χ2v) is 9.03. The lowest BCUT2D eigenvalue weighted by atomic mass is 10.1. The number of quaternary nitrogens is 1. The van der Waals surface area contributed by atoms with Crippen LogP contribution in [0.2, 0.25) is 5.15 Å². The second kappa shape index (κ2) is 13.0. The third-order valence-electron chi connectivity index (χ3n) is 5.37. The van der Waals surface area contributed by atoms with Gasteiger partial charge in [0.25, 0.3) is 5.91 Å². The van der Waals surface area contributed by atoms with Crippen LogP contribution in [-0.4, -0.2) is 66.5 Å². The number of benzene rings is 1. The fourth-order valence-electron chi connectivity index (χ4n) is 3.34. The Morgan fingerprint density at radius 3 is 2.39 bits per heavy atom. The SMILES string of the molecule is C[N+](C)(CCCCCNC(=O)CCc1ccccc1)CCNC(=O)c1nc(Cl)c(N)nc1N. The van der Waals surface area contributed by atoms with Crippen molar-refractivity contribution in [3.05, 3.63) is 46.7 Å². The molecule has 2 aromatic rings. The van der Waals surface area contributed by atoms with Gasteiger partial charge < -0.3 is 26.6 Å². The van der Waals surface area contributed by atoms with Crippen LogP contribution in [0.3, 0.4) is 0 Å². The summed E-state index contributed by atoms with van der Waals surface area (Å²) >= 11 is 5.83. The predicted octanol–water partition coefficient (Wildman–Crippen LogP) is 2.02. The molecular formula is C23H35ClN7O2+. The molecule has 0 fully saturated rings. The van der Waals surface area contributed by atoms with Gasteiger partial charge in [0.1, 0.15) is 0 Å². The first-order valence-electron chi connectivity index (χ1n) is 11.2. The number of nitrogens with one attached hydrogen (secondary N) is 2. The fourth-order valence-corrected chi connectivity index (χ4v) is 3.46. The summed E-state index contributed by atoms with van der Waals surface area (Å²) in [4.78, 5) is 32.0. The van der Waals surface area contributed by atoms with E-state index in [0.29, 0.717) is 19.5 Å². The molecule has 0 bridgehead atoms. The monoisotopic (exact) mass is 476 g/mol. The smallest absolute Gasteiger partial charge is 0.273 e. The van der Waals surface area contributed by atoms with Crippen molar-refractivity contribution in [1.29, 1.82) is 0 Å². The van der Waals surface area contributed by atoms with Gasteiger partial charge in [-0.15, -0.1) is 0 Å². The molecule has 0 aliphatic carbocycles. The number of anilines is 2. The van der Waals surface area contributed by atoms with E-state index in [1.54, 1.807) is 0 Å². The molecule has 0 saturated carbocycles. The van der Waals surface area contributed by atoms with E-state index < -0.39 is 5.91 Å². The van der Waals surface area contributed by atoms with Crippen LogP contribution in [0.5, 0.6) is 0 Å². The third-order valence-corrected chi connectivity index (χ3v) is 5.65. The molecule has 1 heterocycles. The van der Waals surface area contributed by atoms with E-state index in [1.165, 1.54) is 5.56 Å². The van der Waals surface area contributed by atoms with E-state index in [0.717, 1.165) is 43.3 Å². The zero-order valence-corrected chi connectivity index (χ0v) is 20.2. The average Bonchev–Trinajstić information content (AvgIpc) is 2.77. The topological polar surface area (TPSA) is 136 Å². The first-order valence-corrected chi connectivity index (χ1v) is 11.5. The molecule has 10 heteroatoms. The number of nitrogen functional groups attached to an aromatic ring is 2. The van der Waals surface area contributed by atoms with Crippen molar-refractivity contribution in [3.63, 3.8) is 0 Å². The van der Waals surface area contributed by atoms with Crippen LogP contribution in [0, 0.1) is 0 Å². The highest BCUT2D eigenvalue weighted by atomic mass is 35.5. The first kappa shape index (κ1) is 26.3. The number of unbranched alkanes of at least 4 members (excludes halogenated alkanes) is 2. The van der Waals surface area contributed by atoms with Crippen LogP contribution in [0.25, 0.3) is 0 Å². The molecule has 180 valence electrons. The number of rotatable bonds is 13. The molecule has 0 spiro atoms. The largest absolute Gasteiger partial charge is 0.382 e. The molecule has 1 aromatic heterocycles. The zero-order valence-electron chi connectivity index (χ0n) is 19.4. The number of nitrogens with two attached hydrogens (primary N) is 2. The van der Waals surface area contributed by atoms with Crippen molar-refractivity contribution in [2.24, 2.45) is 0 Å². The summed E-state index contributed by atoms with van der Waals surface area (Å²) in [5, 5.41) is 5.76. The van der Waals surface area contributed by atoms with Crippen LogP contribution >= 0.6 is 11.6 Å². The highest BCUT2D eigenvalue weighted by Gasteiger charge is 2.18. The molecule has 0 unspecified atom stereocenters. The maximum atomic E-state index is 12.3. The number of hydrogen-bond acceptors (Lipinski definition) is 6. The van der Waals surface area contributed by atoms with Crippen molar-refractivity contribution in [2.45, 2.75) is 32.1 Å². The van der Waals surface area contributed by atoms with Crippen LogP contribution < -0.4 is 22.1 Å². The van der Waals surface area contributed by atoms with Crippen LogP contribution in [0.4, 0.5) is 11.6 Å². The Labute approximate surface area is 200 Å². The maximum absolute atomic E-state index is 12.3. The molecule has 1 aromatic carbocycles. The summed E-state index contributed by atoms with van der Waals surface area (Å²) in [7, 11) is 4.23. The number of likely N-dealkylation sites (N-methyl/N-ethyl adjacent to an activating group) is 1. The maximum Gasteiger partial charge on any atom is 0.273 e. The normalized spacial score (nSPS) is 11.2. The Kier molecular flexibility index (Phi) is 10.3. The number of hydrogen-bond donors (Lipinski definition) is 4. The highest BCUT2D eigenvalue weighted by molar-refractivity contribution is 6.31. The van der Waals surface area contributed by atoms with E-state index in [2.05, 4.69) is 34.7 Å². The minimum atomic E-state index is -0.426. The van der Waals surface area contributed by atoms with Crippen LogP contribution in [0.15, 0.2) is 30.3 Å². The molecular weight excluding hydrogens is 442 g/mol. The number of nitrogens with zero attached hydrogens (tertiary/aromatic N) is 3. The Morgan fingerprint density at radius 2 is 1.67 bits per heavy atom. The van der Waals surface area contributed by atoms with Gasteiger partial charge >= 0.3 is 0 Å². The van der Waals surface area contributed by atoms with E-state index in [1.807, 2.05) is 30.3 Å². The van der Waals surface area contributed by atoms with E-state index in [9.17, 15) is 9.59 Å². The second-order valence-electron chi connectivity index (χ2n) is 8.67. The summed E-state index contributed by atoms with van der Waals surface area (Å²) in [6.07, 6.45) is 4.29. The molecule has 6 N–H and O–H groups in total. The van der Waals surface area contributed by atoms with E-state index in [-0.39, 0.29) is 28.4 Å². The summed E-state index contributed by atoms with van der Waals surface area (Å²) in [6.45, 7) is 2.88. The van der Waals surface area contributed by atoms with Gasteiger partial charge in [0.05, 0.1) is 33.7 Å². The van der Waals surface area contributed by atoms with Crippen molar-refractivity contribution < 1.29 is 14.1 Å². The number of halogens is 1. The molecule has 0 radical (unpaired) electrons. The highest BCUT2D eigenvalue weighted by Crippen LogP contribution is 2.17. The Balaban J connectivity index is 1.57. The number of carbonyl (C=O) groups excluding carboxylic acids is 2. The quantitative estimate of drug-likeness (QED) is 0.258. The van der Waals surface area contributed by atoms with Gasteiger partial charge in [-0.1, -0.05) is 41.9 Å². The lowest BCUT2D eigenvalue weighted by molar-refractivity contribution is -0.889. The summed E-state index contributed by atoms with van der Waals surface area (Å²) in [5.74, 6) is -0.381. The molecule has 0 atom stereocenters. The fraction of sp³-hybridized carbons (Fsp3) is 0.478. The third kappa shape index (κ3) is 9.63. The number of amides is 2. The first-order chi connectivity index (χ1) is 15.7. The molecule has 0 saturated heterocycles. The Morgan fingerprint density at radius 1 is 0.939 bits per heavy atom. The van der Waals surface area contributed by atoms with Gasteiger partial charge in [-0.25, -0.2) is 9.97 Å². The van der Waals surface area contributed by atoms with Gasteiger partial charge in [0.15, 0.2) is 22.5 Å². The van der Waals surface area contributed by atoms with E-state index in [4.69, 9.17) is 23.1 Å². The van der Waals surface area contributed by atoms with Crippen molar-refractivity contribution in [1.82, 2.24) is 20.6 Å². The minimum absolute atomic E-state index is 0.00438. The molecule has 0 aliphatic rings.